The Labute approximate surface area is 387 Å². The van der Waals surface area contributed by atoms with Crippen LogP contribution in [-0.2, 0) is 28.6 Å². The number of carbonyl (C=O) groups excluding carboxylic acids is 3. The van der Waals surface area contributed by atoms with Crippen molar-refractivity contribution in [2.45, 2.75) is 323 Å². The van der Waals surface area contributed by atoms with E-state index in [1.807, 2.05) is 0 Å². The molecule has 0 aliphatic rings. The first-order valence-electron chi connectivity index (χ1n) is 27.9. The van der Waals surface area contributed by atoms with Gasteiger partial charge in [0, 0.05) is 19.3 Å². The molecule has 1 atom stereocenters. The van der Waals surface area contributed by atoms with E-state index < -0.39 is 6.10 Å². The topological polar surface area (TPSA) is 78.9 Å². The number of unbranched alkanes of at least 4 members (excludes halogenated alkanes) is 38. The van der Waals surface area contributed by atoms with Crippen molar-refractivity contribution < 1.29 is 28.6 Å². The van der Waals surface area contributed by atoms with Gasteiger partial charge in [0.05, 0.1) is 0 Å². The Morgan fingerprint density at radius 3 is 0.790 bits per heavy atom. The highest BCUT2D eigenvalue weighted by Gasteiger charge is 2.19. The van der Waals surface area contributed by atoms with E-state index in [2.05, 4.69) is 27.7 Å². The standard InChI is InChI=1S/C56H108O6/c1-5-7-9-11-13-15-17-18-19-20-21-25-28-32-35-39-43-47-54(57)60-50-53(62-56(59)49-45-41-37-31-16-14-12-10-8-6-2)51-61-55(58)48-44-40-36-33-29-26-23-22-24-27-30-34-38-42-46-52(3)4/h52-53H,5-51H2,1-4H3/t53-/m0/s1. The summed E-state index contributed by atoms with van der Waals surface area (Å²) >= 11 is 0. The van der Waals surface area contributed by atoms with Crippen LogP contribution in [0.4, 0.5) is 0 Å². The fourth-order valence-electron chi connectivity index (χ4n) is 8.57. The van der Waals surface area contributed by atoms with E-state index in [4.69, 9.17) is 14.2 Å². The van der Waals surface area contributed by atoms with E-state index in [1.165, 1.54) is 212 Å². The third-order valence-corrected chi connectivity index (χ3v) is 12.8. The van der Waals surface area contributed by atoms with E-state index in [0.29, 0.717) is 19.3 Å². The Balaban J connectivity index is 4.22. The van der Waals surface area contributed by atoms with Gasteiger partial charge in [-0.15, -0.1) is 0 Å². The lowest BCUT2D eigenvalue weighted by atomic mass is 10.0. The van der Waals surface area contributed by atoms with Gasteiger partial charge in [0.1, 0.15) is 13.2 Å². The predicted octanol–water partition coefficient (Wildman–Crippen LogP) is 18.2. The molecule has 0 unspecified atom stereocenters. The molecule has 0 saturated carbocycles. The molecule has 0 bridgehead atoms. The molecule has 0 N–H and O–H groups in total. The molecule has 6 nitrogen and oxygen atoms in total. The quantitative estimate of drug-likeness (QED) is 0.0344. The van der Waals surface area contributed by atoms with Crippen molar-refractivity contribution in [1.29, 1.82) is 0 Å². The predicted molar refractivity (Wildman–Crippen MR) is 266 cm³/mol. The lowest BCUT2D eigenvalue weighted by Gasteiger charge is -2.18. The fourth-order valence-corrected chi connectivity index (χ4v) is 8.57. The maximum absolute atomic E-state index is 12.8. The minimum absolute atomic E-state index is 0.0622. The van der Waals surface area contributed by atoms with Crippen LogP contribution < -0.4 is 0 Å². The number of rotatable bonds is 51. The van der Waals surface area contributed by atoms with Crippen LogP contribution >= 0.6 is 0 Å². The summed E-state index contributed by atoms with van der Waals surface area (Å²) in [6, 6.07) is 0. The molecule has 0 fully saturated rings. The first kappa shape index (κ1) is 60.4. The van der Waals surface area contributed by atoms with Crippen LogP contribution in [0, 0.1) is 5.92 Å². The molecule has 0 radical (unpaired) electrons. The van der Waals surface area contributed by atoms with Gasteiger partial charge in [0.2, 0.25) is 0 Å². The van der Waals surface area contributed by atoms with Gasteiger partial charge in [-0.25, -0.2) is 0 Å². The summed E-state index contributed by atoms with van der Waals surface area (Å²) in [5, 5.41) is 0. The summed E-state index contributed by atoms with van der Waals surface area (Å²) in [4.78, 5) is 38.0. The highest BCUT2D eigenvalue weighted by molar-refractivity contribution is 5.71. The van der Waals surface area contributed by atoms with Crippen molar-refractivity contribution >= 4 is 17.9 Å². The van der Waals surface area contributed by atoms with Gasteiger partial charge in [-0.2, -0.15) is 0 Å². The smallest absolute Gasteiger partial charge is 0.306 e. The molecule has 0 aromatic carbocycles. The lowest BCUT2D eigenvalue weighted by Crippen LogP contribution is -2.30. The van der Waals surface area contributed by atoms with E-state index in [1.54, 1.807) is 0 Å². The van der Waals surface area contributed by atoms with Crippen LogP contribution in [0.5, 0.6) is 0 Å². The van der Waals surface area contributed by atoms with E-state index >= 15 is 0 Å². The Kier molecular flexibility index (Phi) is 49.1. The van der Waals surface area contributed by atoms with Gasteiger partial charge < -0.3 is 14.2 Å². The molecule has 0 rings (SSSR count). The number of esters is 3. The number of hydrogen-bond donors (Lipinski definition) is 0. The maximum Gasteiger partial charge on any atom is 0.306 e. The Morgan fingerprint density at radius 1 is 0.306 bits per heavy atom. The second kappa shape index (κ2) is 50.4. The van der Waals surface area contributed by atoms with Crippen LogP contribution in [0.3, 0.4) is 0 Å². The number of ether oxygens (including phenoxy) is 3. The van der Waals surface area contributed by atoms with Crippen LogP contribution in [0.2, 0.25) is 0 Å². The van der Waals surface area contributed by atoms with Crippen molar-refractivity contribution in [1.82, 2.24) is 0 Å². The fraction of sp³-hybridized carbons (Fsp3) is 0.946. The van der Waals surface area contributed by atoms with Gasteiger partial charge in [-0.1, -0.05) is 278 Å². The van der Waals surface area contributed by atoms with Crippen LogP contribution in [0.15, 0.2) is 0 Å². The lowest BCUT2D eigenvalue weighted by molar-refractivity contribution is -0.167. The molecular formula is C56H108O6. The SMILES string of the molecule is CCCCCCCCCCCCCCCCCCCC(=O)OC[C@@H](COC(=O)CCCCCCCCCCCCCCCCC(C)C)OC(=O)CCCCCCCCCCCC. The van der Waals surface area contributed by atoms with Gasteiger partial charge in [0.25, 0.3) is 0 Å². The van der Waals surface area contributed by atoms with Crippen molar-refractivity contribution in [2.24, 2.45) is 5.92 Å². The normalized spacial score (nSPS) is 12.0. The van der Waals surface area contributed by atoms with Crippen LogP contribution in [0.1, 0.15) is 317 Å². The summed E-state index contributed by atoms with van der Waals surface area (Å²) in [7, 11) is 0. The maximum atomic E-state index is 12.8. The molecule has 0 saturated heterocycles. The molecular weight excluding hydrogens is 769 g/mol. The summed E-state index contributed by atoms with van der Waals surface area (Å²) < 4.78 is 16.8. The molecule has 0 aromatic rings. The third-order valence-electron chi connectivity index (χ3n) is 12.8. The Hall–Kier alpha value is -1.59. The number of hydrogen-bond acceptors (Lipinski definition) is 6. The first-order chi connectivity index (χ1) is 30.4. The van der Waals surface area contributed by atoms with Crippen molar-refractivity contribution in [3.05, 3.63) is 0 Å². The molecule has 0 spiro atoms. The van der Waals surface area contributed by atoms with Crippen molar-refractivity contribution in [3.8, 4) is 0 Å². The Bertz CT molecular complexity index is 933. The monoisotopic (exact) mass is 877 g/mol. The second-order valence-electron chi connectivity index (χ2n) is 19.7. The van der Waals surface area contributed by atoms with Crippen molar-refractivity contribution in [3.63, 3.8) is 0 Å². The zero-order chi connectivity index (χ0) is 45.2. The zero-order valence-corrected chi connectivity index (χ0v) is 42.3. The van der Waals surface area contributed by atoms with Crippen LogP contribution in [0.25, 0.3) is 0 Å². The minimum atomic E-state index is -0.760. The average Bonchev–Trinajstić information content (AvgIpc) is 3.26. The molecule has 368 valence electrons. The minimum Gasteiger partial charge on any atom is -0.462 e. The number of carbonyl (C=O) groups is 3. The third kappa shape index (κ3) is 49.4. The second-order valence-corrected chi connectivity index (χ2v) is 19.7. The largest absolute Gasteiger partial charge is 0.462 e. The molecule has 0 aliphatic heterocycles. The molecule has 62 heavy (non-hydrogen) atoms. The summed E-state index contributed by atoms with van der Waals surface area (Å²) in [5.74, 6) is 0.00471. The van der Waals surface area contributed by atoms with E-state index in [0.717, 1.165) is 63.7 Å². The molecule has 6 heteroatoms. The molecule has 0 amide bonds. The highest BCUT2D eigenvalue weighted by atomic mass is 16.6. The van der Waals surface area contributed by atoms with Gasteiger partial charge in [-0.05, 0) is 25.2 Å². The van der Waals surface area contributed by atoms with Gasteiger partial charge in [-0.3, -0.25) is 14.4 Å². The highest BCUT2D eigenvalue weighted by Crippen LogP contribution is 2.18. The summed E-state index contributed by atoms with van der Waals surface area (Å²) in [6.45, 7) is 9.05. The van der Waals surface area contributed by atoms with E-state index in [-0.39, 0.29) is 31.1 Å². The van der Waals surface area contributed by atoms with E-state index in [9.17, 15) is 14.4 Å². The first-order valence-corrected chi connectivity index (χ1v) is 27.9. The molecule has 0 heterocycles. The summed E-state index contributed by atoms with van der Waals surface area (Å²) in [6.07, 6.45) is 53.8. The summed E-state index contributed by atoms with van der Waals surface area (Å²) in [5.41, 5.74) is 0. The van der Waals surface area contributed by atoms with Crippen molar-refractivity contribution in [2.75, 3.05) is 13.2 Å². The van der Waals surface area contributed by atoms with Crippen LogP contribution in [-0.4, -0.2) is 37.2 Å². The average molecular weight is 877 g/mol. The zero-order valence-electron chi connectivity index (χ0n) is 42.3. The molecule has 0 aromatic heterocycles. The van der Waals surface area contributed by atoms with Gasteiger partial charge >= 0.3 is 17.9 Å². The Morgan fingerprint density at radius 2 is 0.532 bits per heavy atom. The molecule has 0 aliphatic carbocycles. The van der Waals surface area contributed by atoms with Gasteiger partial charge in [0.15, 0.2) is 6.10 Å².